The number of aliphatic carboxylic acids is 1. The van der Waals surface area contributed by atoms with Crippen LogP contribution in [-0.2, 0) is 11.2 Å². The molecule has 0 saturated carbocycles. The molecule has 1 atom stereocenters. The van der Waals surface area contributed by atoms with Crippen molar-refractivity contribution in [3.63, 3.8) is 0 Å². The van der Waals surface area contributed by atoms with E-state index in [1.807, 2.05) is 37.1 Å². The predicted octanol–water partition coefficient (Wildman–Crippen LogP) is 1.92. The average molecular weight is 235 g/mol. The highest BCUT2D eigenvalue weighted by Gasteiger charge is 2.30. The van der Waals surface area contributed by atoms with Gasteiger partial charge in [0.1, 0.15) is 5.75 Å². The normalized spacial score (nSPS) is 18.0. The van der Waals surface area contributed by atoms with E-state index in [4.69, 9.17) is 9.84 Å². The third-order valence-corrected chi connectivity index (χ3v) is 3.15. The summed E-state index contributed by atoms with van der Waals surface area (Å²) in [5.41, 5.74) is 2.21. The second-order valence-corrected chi connectivity index (χ2v) is 4.26. The van der Waals surface area contributed by atoms with E-state index < -0.39 is 5.97 Å². The van der Waals surface area contributed by atoms with Crippen molar-refractivity contribution in [1.82, 2.24) is 0 Å². The molecule has 0 bridgehead atoms. The van der Waals surface area contributed by atoms with Gasteiger partial charge in [0.2, 0.25) is 0 Å². The fraction of sp³-hybridized carbons (Fsp3) is 0.462. The van der Waals surface area contributed by atoms with Crippen LogP contribution in [0.5, 0.6) is 5.75 Å². The maximum Gasteiger partial charge on any atom is 0.305 e. The number of para-hydroxylation sites is 1. The Bertz CT molecular complexity index is 431. The van der Waals surface area contributed by atoms with E-state index in [1.165, 1.54) is 5.56 Å². The molecule has 1 aromatic carbocycles. The van der Waals surface area contributed by atoms with Crippen LogP contribution in [0.25, 0.3) is 0 Å². The van der Waals surface area contributed by atoms with Gasteiger partial charge in [-0.05, 0) is 25.0 Å². The lowest BCUT2D eigenvalue weighted by molar-refractivity contribution is -0.137. The fourth-order valence-electron chi connectivity index (χ4n) is 2.39. The first-order valence-corrected chi connectivity index (χ1v) is 5.82. The molecule has 1 aromatic rings. The first kappa shape index (κ1) is 11.8. The van der Waals surface area contributed by atoms with Gasteiger partial charge in [-0.2, -0.15) is 0 Å². The molecule has 2 rings (SSSR count). The zero-order valence-electron chi connectivity index (χ0n) is 10.1. The van der Waals surface area contributed by atoms with Crippen LogP contribution in [0.3, 0.4) is 0 Å². The summed E-state index contributed by atoms with van der Waals surface area (Å²) in [5.74, 6) is 0.0907. The van der Waals surface area contributed by atoms with Crippen molar-refractivity contribution >= 4 is 11.7 Å². The van der Waals surface area contributed by atoms with Gasteiger partial charge in [0.05, 0.1) is 18.7 Å². The molecule has 1 aliphatic heterocycles. The fourth-order valence-corrected chi connectivity index (χ4v) is 2.39. The molecule has 1 aliphatic rings. The van der Waals surface area contributed by atoms with Gasteiger partial charge < -0.3 is 14.7 Å². The quantitative estimate of drug-likeness (QED) is 0.866. The van der Waals surface area contributed by atoms with Crippen LogP contribution in [0.4, 0.5) is 5.69 Å². The number of carboxylic acids is 1. The molecule has 0 saturated heterocycles. The molecular formula is C13H17NO3. The Labute approximate surface area is 101 Å². The van der Waals surface area contributed by atoms with Crippen LogP contribution >= 0.6 is 0 Å². The second kappa shape index (κ2) is 4.65. The summed E-state index contributed by atoms with van der Waals surface area (Å²) in [5, 5.41) is 8.89. The molecule has 0 fully saturated rings. The number of hydrogen-bond acceptors (Lipinski definition) is 3. The van der Waals surface area contributed by atoms with Crippen LogP contribution in [0.2, 0.25) is 0 Å². The third kappa shape index (κ3) is 2.20. The van der Waals surface area contributed by atoms with E-state index in [0.717, 1.165) is 17.9 Å². The first-order valence-electron chi connectivity index (χ1n) is 5.82. The van der Waals surface area contributed by atoms with Crippen molar-refractivity contribution in [2.45, 2.75) is 25.8 Å². The number of ether oxygens (including phenoxy) is 1. The van der Waals surface area contributed by atoms with Gasteiger partial charge in [-0.15, -0.1) is 0 Å². The van der Waals surface area contributed by atoms with Gasteiger partial charge in [-0.1, -0.05) is 12.1 Å². The van der Waals surface area contributed by atoms with Crippen LogP contribution in [-0.4, -0.2) is 30.8 Å². The molecule has 0 aromatic heterocycles. The average Bonchev–Trinajstić information content (AvgIpc) is 2.57. The zero-order chi connectivity index (χ0) is 12.4. The standard InChI is InChI=1S/C13H17NO3/c1-3-17-11-6-4-5-9-7-10(8-12(15)16)14(2)13(9)11/h4-6,10H,3,7-8H2,1-2H3,(H,15,16). The molecule has 17 heavy (non-hydrogen) atoms. The molecule has 4 nitrogen and oxygen atoms in total. The van der Waals surface area contributed by atoms with E-state index in [1.54, 1.807) is 0 Å². The van der Waals surface area contributed by atoms with Gasteiger partial charge >= 0.3 is 5.97 Å². The number of nitrogens with zero attached hydrogens (tertiary/aromatic N) is 1. The monoisotopic (exact) mass is 235 g/mol. The molecule has 0 aliphatic carbocycles. The largest absolute Gasteiger partial charge is 0.492 e. The smallest absolute Gasteiger partial charge is 0.305 e. The van der Waals surface area contributed by atoms with E-state index >= 15 is 0 Å². The maximum absolute atomic E-state index is 10.8. The SMILES string of the molecule is CCOc1cccc2c1N(C)C(CC(=O)O)C2. The zero-order valence-corrected chi connectivity index (χ0v) is 10.1. The van der Waals surface area contributed by atoms with Crippen molar-refractivity contribution < 1.29 is 14.6 Å². The van der Waals surface area contributed by atoms with Gasteiger partial charge in [0, 0.05) is 13.1 Å². The van der Waals surface area contributed by atoms with Crippen molar-refractivity contribution in [1.29, 1.82) is 0 Å². The number of carboxylic acid groups (broad SMARTS) is 1. The Hall–Kier alpha value is -1.71. The molecule has 1 heterocycles. The number of benzene rings is 1. The molecule has 92 valence electrons. The van der Waals surface area contributed by atoms with E-state index in [9.17, 15) is 4.79 Å². The summed E-state index contributed by atoms with van der Waals surface area (Å²) in [6, 6.07) is 5.96. The number of fused-ring (bicyclic) bond motifs is 1. The molecule has 0 spiro atoms. The number of anilines is 1. The number of hydrogen-bond donors (Lipinski definition) is 1. The summed E-state index contributed by atoms with van der Waals surface area (Å²) in [6.07, 6.45) is 0.940. The van der Waals surface area contributed by atoms with Crippen molar-refractivity contribution in [3.8, 4) is 5.75 Å². The maximum atomic E-state index is 10.8. The Morgan fingerprint density at radius 3 is 3.00 bits per heavy atom. The lowest BCUT2D eigenvalue weighted by Gasteiger charge is -2.22. The lowest BCUT2D eigenvalue weighted by Crippen LogP contribution is -2.30. The summed E-state index contributed by atoms with van der Waals surface area (Å²) >= 11 is 0. The minimum Gasteiger partial charge on any atom is -0.492 e. The van der Waals surface area contributed by atoms with Crippen molar-refractivity contribution in [3.05, 3.63) is 23.8 Å². The topological polar surface area (TPSA) is 49.8 Å². The summed E-state index contributed by atoms with van der Waals surface area (Å²) in [4.78, 5) is 12.8. The molecule has 1 N–H and O–H groups in total. The summed E-state index contributed by atoms with van der Waals surface area (Å²) in [6.45, 7) is 2.57. The van der Waals surface area contributed by atoms with Gasteiger partial charge in [0.25, 0.3) is 0 Å². The summed E-state index contributed by atoms with van der Waals surface area (Å²) < 4.78 is 5.58. The Morgan fingerprint density at radius 1 is 1.59 bits per heavy atom. The summed E-state index contributed by atoms with van der Waals surface area (Å²) in [7, 11) is 1.93. The van der Waals surface area contributed by atoms with E-state index in [0.29, 0.717) is 6.61 Å². The van der Waals surface area contributed by atoms with Crippen LogP contribution in [0, 0.1) is 0 Å². The molecule has 0 radical (unpaired) electrons. The minimum absolute atomic E-state index is 0.0316. The minimum atomic E-state index is -0.757. The van der Waals surface area contributed by atoms with Gasteiger partial charge in [-0.25, -0.2) is 0 Å². The first-order chi connectivity index (χ1) is 8.13. The second-order valence-electron chi connectivity index (χ2n) is 4.26. The molecule has 0 amide bonds. The third-order valence-electron chi connectivity index (χ3n) is 3.15. The predicted molar refractivity (Wildman–Crippen MR) is 65.8 cm³/mol. The molecule has 1 unspecified atom stereocenters. The van der Waals surface area contributed by atoms with E-state index in [-0.39, 0.29) is 12.5 Å². The highest BCUT2D eigenvalue weighted by atomic mass is 16.5. The van der Waals surface area contributed by atoms with Gasteiger partial charge in [0.15, 0.2) is 0 Å². The van der Waals surface area contributed by atoms with Crippen LogP contribution in [0.15, 0.2) is 18.2 Å². The van der Waals surface area contributed by atoms with Crippen molar-refractivity contribution in [2.24, 2.45) is 0 Å². The lowest BCUT2D eigenvalue weighted by atomic mass is 10.1. The highest BCUT2D eigenvalue weighted by Crippen LogP contribution is 2.39. The van der Waals surface area contributed by atoms with Gasteiger partial charge in [-0.3, -0.25) is 4.79 Å². The molecule has 4 heteroatoms. The van der Waals surface area contributed by atoms with E-state index in [2.05, 4.69) is 0 Å². The van der Waals surface area contributed by atoms with Crippen LogP contribution in [0.1, 0.15) is 18.9 Å². The van der Waals surface area contributed by atoms with Crippen molar-refractivity contribution in [2.75, 3.05) is 18.6 Å². The Balaban J connectivity index is 2.28. The molecular weight excluding hydrogens is 218 g/mol. The number of likely N-dealkylation sites (N-methyl/N-ethyl adjacent to an activating group) is 1. The number of rotatable bonds is 4. The highest BCUT2D eigenvalue weighted by molar-refractivity contribution is 5.73. The Morgan fingerprint density at radius 2 is 2.35 bits per heavy atom. The van der Waals surface area contributed by atoms with Crippen LogP contribution < -0.4 is 9.64 Å². The number of carbonyl (C=O) groups is 1. The Kier molecular flexibility index (Phi) is 3.22.